The average molecular weight is 237 g/mol. The number of hydrogen-bond acceptors (Lipinski definition) is 0. The summed E-state index contributed by atoms with van der Waals surface area (Å²) >= 11 is 5.70. The van der Waals surface area contributed by atoms with Gasteiger partial charge in [0.05, 0.1) is 0 Å². The van der Waals surface area contributed by atoms with E-state index in [-0.39, 0.29) is 0 Å². The van der Waals surface area contributed by atoms with Gasteiger partial charge in [-0.3, -0.25) is 0 Å². The summed E-state index contributed by atoms with van der Waals surface area (Å²) in [7, 11) is 0. The molecule has 0 heterocycles. The van der Waals surface area contributed by atoms with E-state index in [0.717, 1.165) is 24.6 Å². The van der Waals surface area contributed by atoms with Crippen LogP contribution in [0.25, 0.3) is 0 Å². The van der Waals surface area contributed by atoms with Gasteiger partial charge in [-0.2, -0.15) is 0 Å². The Labute approximate surface area is 104 Å². The van der Waals surface area contributed by atoms with Crippen LogP contribution >= 0.6 is 11.6 Å². The number of alkyl halides is 1. The molecule has 0 radical (unpaired) electrons. The normalized spacial score (nSPS) is 17.6. The predicted molar refractivity (Wildman–Crippen MR) is 71.3 cm³/mol. The van der Waals surface area contributed by atoms with Crippen molar-refractivity contribution in [2.24, 2.45) is 0 Å². The molecule has 1 heteroatoms. The number of halogens is 1. The Morgan fingerprint density at radius 1 is 1.00 bits per heavy atom. The van der Waals surface area contributed by atoms with Crippen molar-refractivity contribution in [3.8, 4) is 0 Å². The van der Waals surface area contributed by atoms with Gasteiger partial charge in [-0.05, 0) is 42.7 Å². The first-order valence-electron chi connectivity index (χ1n) is 6.55. The molecule has 0 aromatic heterocycles. The van der Waals surface area contributed by atoms with Crippen LogP contribution in [0.5, 0.6) is 0 Å². The van der Waals surface area contributed by atoms with Crippen molar-refractivity contribution < 1.29 is 0 Å². The fourth-order valence-corrected chi connectivity index (χ4v) is 2.80. The van der Waals surface area contributed by atoms with Crippen LogP contribution in [0.1, 0.15) is 55.6 Å². The molecule has 1 fully saturated rings. The highest BCUT2D eigenvalue weighted by Gasteiger charge is 2.14. The van der Waals surface area contributed by atoms with E-state index in [2.05, 4.69) is 24.3 Å². The van der Waals surface area contributed by atoms with E-state index in [1.54, 1.807) is 5.56 Å². The Hall–Kier alpha value is -0.490. The average Bonchev–Trinajstić information content (AvgIpc) is 2.38. The fraction of sp³-hybridized carbons (Fsp3) is 0.600. The molecule has 0 amide bonds. The van der Waals surface area contributed by atoms with Gasteiger partial charge in [0.25, 0.3) is 0 Å². The third-order valence-corrected chi connectivity index (χ3v) is 3.92. The summed E-state index contributed by atoms with van der Waals surface area (Å²) in [6.45, 7) is 0. The summed E-state index contributed by atoms with van der Waals surface area (Å²) < 4.78 is 0. The van der Waals surface area contributed by atoms with Gasteiger partial charge < -0.3 is 0 Å². The molecule has 1 aromatic carbocycles. The number of rotatable bonds is 4. The Bertz CT molecular complexity index is 296. The van der Waals surface area contributed by atoms with Crippen molar-refractivity contribution in [2.75, 3.05) is 5.88 Å². The van der Waals surface area contributed by atoms with E-state index < -0.39 is 0 Å². The smallest absolute Gasteiger partial charge is 0.0226 e. The predicted octanol–water partition coefficient (Wildman–Crippen LogP) is 4.91. The highest BCUT2D eigenvalue weighted by atomic mass is 35.5. The second-order valence-corrected chi connectivity index (χ2v) is 5.25. The van der Waals surface area contributed by atoms with Gasteiger partial charge >= 0.3 is 0 Å². The second kappa shape index (κ2) is 6.30. The molecule has 1 aliphatic carbocycles. The van der Waals surface area contributed by atoms with Crippen molar-refractivity contribution in [3.63, 3.8) is 0 Å². The van der Waals surface area contributed by atoms with Crippen LogP contribution in [-0.4, -0.2) is 5.88 Å². The lowest BCUT2D eigenvalue weighted by Gasteiger charge is -2.22. The standard InChI is InChI=1S/C15H21Cl/c16-12-4-5-13-8-10-15(11-9-13)14-6-2-1-3-7-14/h8-11,14H,1-7,12H2. The van der Waals surface area contributed by atoms with E-state index >= 15 is 0 Å². The lowest BCUT2D eigenvalue weighted by molar-refractivity contribution is 0.443. The highest BCUT2D eigenvalue weighted by Crippen LogP contribution is 2.32. The monoisotopic (exact) mass is 236 g/mol. The maximum absolute atomic E-state index is 5.70. The molecule has 88 valence electrons. The molecule has 0 N–H and O–H groups in total. The molecule has 1 saturated carbocycles. The van der Waals surface area contributed by atoms with Crippen molar-refractivity contribution in [2.45, 2.75) is 50.9 Å². The van der Waals surface area contributed by atoms with Gasteiger partial charge in [0, 0.05) is 5.88 Å². The number of aryl methyl sites for hydroxylation is 1. The van der Waals surface area contributed by atoms with Gasteiger partial charge in [0.15, 0.2) is 0 Å². The molecule has 2 rings (SSSR count). The topological polar surface area (TPSA) is 0 Å². The van der Waals surface area contributed by atoms with E-state index in [9.17, 15) is 0 Å². The molecule has 0 unspecified atom stereocenters. The first-order chi connectivity index (χ1) is 7.90. The van der Waals surface area contributed by atoms with Crippen LogP contribution in [-0.2, 0) is 6.42 Å². The van der Waals surface area contributed by atoms with Gasteiger partial charge in [0.2, 0.25) is 0 Å². The van der Waals surface area contributed by atoms with Gasteiger partial charge in [-0.1, -0.05) is 43.5 Å². The van der Waals surface area contributed by atoms with E-state index in [1.165, 1.54) is 37.7 Å². The first-order valence-corrected chi connectivity index (χ1v) is 7.08. The van der Waals surface area contributed by atoms with E-state index in [1.807, 2.05) is 0 Å². The van der Waals surface area contributed by atoms with Crippen LogP contribution in [0.2, 0.25) is 0 Å². The van der Waals surface area contributed by atoms with Crippen LogP contribution in [0.3, 0.4) is 0 Å². The molecular formula is C15H21Cl. The zero-order valence-corrected chi connectivity index (χ0v) is 10.7. The molecule has 0 nitrogen and oxygen atoms in total. The zero-order valence-electron chi connectivity index (χ0n) is 9.92. The molecular weight excluding hydrogens is 216 g/mol. The minimum Gasteiger partial charge on any atom is -0.127 e. The minimum absolute atomic E-state index is 0.768. The Balaban J connectivity index is 1.95. The summed E-state index contributed by atoms with van der Waals surface area (Å²) in [6.07, 6.45) is 9.25. The summed E-state index contributed by atoms with van der Waals surface area (Å²) in [5.74, 6) is 1.60. The van der Waals surface area contributed by atoms with Crippen LogP contribution in [0, 0.1) is 0 Å². The SMILES string of the molecule is ClCCCc1ccc(C2CCCCC2)cc1. The van der Waals surface area contributed by atoms with E-state index in [4.69, 9.17) is 11.6 Å². The van der Waals surface area contributed by atoms with Crippen LogP contribution in [0.4, 0.5) is 0 Å². The molecule has 16 heavy (non-hydrogen) atoms. The third-order valence-electron chi connectivity index (χ3n) is 3.66. The summed E-state index contributed by atoms with van der Waals surface area (Å²) in [4.78, 5) is 0. The Kier molecular flexibility index (Phi) is 4.71. The Morgan fingerprint density at radius 2 is 1.69 bits per heavy atom. The fourth-order valence-electron chi connectivity index (χ4n) is 2.66. The van der Waals surface area contributed by atoms with Crippen LogP contribution < -0.4 is 0 Å². The quantitative estimate of drug-likeness (QED) is 0.652. The molecule has 1 aliphatic rings. The summed E-state index contributed by atoms with van der Waals surface area (Å²) in [5, 5.41) is 0. The molecule has 0 aliphatic heterocycles. The van der Waals surface area contributed by atoms with Crippen LogP contribution in [0.15, 0.2) is 24.3 Å². The van der Waals surface area contributed by atoms with Crippen molar-refractivity contribution in [3.05, 3.63) is 35.4 Å². The zero-order chi connectivity index (χ0) is 11.2. The third kappa shape index (κ3) is 3.25. The summed E-state index contributed by atoms with van der Waals surface area (Å²) in [6, 6.07) is 9.24. The van der Waals surface area contributed by atoms with Crippen molar-refractivity contribution in [1.82, 2.24) is 0 Å². The van der Waals surface area contributed by atoms with E-state index in [0.29, 0.717) is 0 Å². The molecule has 0 saturated heterocycles. The number of hydrogen-bond donors (Lipinski definition) is 0. The van der Waals surface area contributed by atoms with Gasteiger partial charge in [-0.25, -0.2) is 0 Å². The maximum atomic E-state index is 5.70. The maximum Gasteiger partial charge on any atom is 0.0226 e. The molecule has 0 bridgehead atoms. The summed E-state index contributed by atoms with van der Waals surface area (Å²) in [5.41, 5.74) is 2.98. The van der Waals surface area contributed by atoms with Gasteiger partial charge in [-0.15, -0.1) is 11.6 Å². The first kappa shape index (κ1) is 12.0. The second-order valence-electron chi connectivity index (χ2n) is 4.87. The minimum atomic E-state index is 0.768. The molecule has 1 aromatic rings. The molecule has 0 atom stereocenters. The number of benzene rings is 1. The van der Waals surface area contributed by atoms with Gasteiger partial charge in [0.1, 0.15) is 0 Å². The Morgan fingerprint density at radius 3 is 2.31 bits per heavy atom. The van der Waals surface area contributed by atoms with Crippen molar-refractivity contribution >= 4 is 11.6 Å². The van der Waals surface area contributed by atoms with Crippen molar-refractivity contribution in [1.29, 1.82) is 0 Å². The largest absolute Gasteiger partial charge is 0.127 e. The lowest BCUT2D eigenvalue weighted by atomic mass is 9.84. The highest BCUT2D eigenvalue weighted by molar-refractivity contribution is 6.17. The lowest BCUT2D eigenvalue weighted by Crippen LogP contribution is -2.04. The molecule has 0 spiro atoms.